The van der Waals surface area contributed by atoms with Crippen molar-refractivity contribution in [3.8, 4) is 0 Å². The van der Waals surface area contributed by atoms with E-state index in [1.807, 2.05) is 6.07 Å². The van der Waals surface area contributed by atoms with Crippen LogP contribution in [-0.4, -0.2) is 62.4 Å². The lowest BCUT2D eigenvalue weighted by atomic mass is 10.1. The van der Waals surface area contributed by atoms with E-state index in [0.717, 1.165) is 6.07 Å². The monoisotopic (exact) mass is 470 g/mol. The standard InChI is InChI=1S/C22H22N4O6S/c27-20-13-18(22(29)23-14-21(28)24-15-4-2-1-3-5-15)17-12-16(6-7-19(17)25-20)33(30,31)26-8-10-32-11-9-26/h1-7,12-13H,8-11,14H2,(H,23,29)(H,24,28)(H,25,27). The Hall–Kier alpha value is -3.54. The van der Waals surface area contributed by atoms with Gasteiger partial charge >= 0.3 is 0 Å². The summed E-state index contributed by atoms with van der Waals surface area (Å²) in [6.45, 7) is 0.747. The van der Waals surface area contributed by atoms with Crippen LogP contribution < -0.4 is 16.2 Å². The highest BCUT2D eigenvalue weighted by Gasteiger charge is 2.27. The van der Waals surface area contributed by atoms with Crippen LogP contribution in [0.15, 0.2) is 64.3 Å². The van der Waals surface area contributed by atoms with Gasteiger partial charge in [0.2, 0.25) is 21.5 Å². The summed E-state index contributed by atoms with van der Waals surface area (Å²) in [5.74, 6) is -1.12. The molecule has 1 fully saturated rings. The first-order valence-electron chi connectivity index (χ1n) is 10.2. The summed E-state index contributed by atoms with van der Waals surface area (Å²) in [5.41, 5.74) is 0.337. The van der Waals surface area contributed by atoms with E-state index in [2.05, 4.69) is 15.6 Å². The molecule has 33 heavy (non-hydrogen) atoms. The van der Waals surface area contributed by atoms with Crippen molar-refractivity contribution in [3.05, 3.63) is 70.5 Å². The molecule has 1 saturated heterocycles. The third kappa shape index (κ3) is 5.11. The second kappa shape index (κ2) is 9.53. The Labute approximate surface area is 189 Å². The molecule has 0 spiro atoms. The van der Waals surface area contributed by atoms with Crippen molar-refractivity contribution in [1.29, 1.82) is 0 Å². The smallest absolute Gasteiger partial charge is 0.252 e. The van der Waals surface area contributed by atoms with Gasteiger partial charge in [0.15, 0.2) is 0 Å². The molecule has 2 aromatic carbocycles. The minimum absolute atomic E-state index is 0.000167. The van der Waals surface area contributed by atoms with Crippen LogP contribution >= 0.6 is 0 Å². The van der Waals surface area contributed by atoms with E-state index in [4.69, 9.17) is 4.74 Å². The van der Waals surface area contributed by atoms with E-state index in [1.54, 1.807) is 24.3 Å². The average molecular weight is 471 g/mol. The third-order valence-corrected chi connectivity index (χ3v) is 7.03. The first-order chi connectivity index (χ1) is 15.8. The number of morpholine rings is 1. The molecule has 0 unspecified atom stereocenters. The van der Waals surface area contributed by atoms with Gasteiger partial charge in [0.1, 0.15) is 0 Å². The average Bonchev–Trinajstić information content (AvgIpc) is 2.83. The summed E-state index contributed by atoms with van der Waals surface area (Å²) in [7, 11) is -3.80. The van der Waals surface area contributed by atoms with Gasteiger partial charge in [-0.3, -0.25) is 14.4 Å². The van der Waals surface area contributed by atoms with Crippen molar-refractivity contribution < 1.29 is 22.7 Å². The molecule has 0 atom stereocenters. The molecule has 1 aliphatic rings. The molecule has 10 nitrogen and oxygen atoms in total. The van der Waals surface area contributed by atoms with Gasteiger partial charge in [0.05, 0.1) is 30.2 Å². The number of rotatable bonds is 6. The van der Waals surface area contributed by atoms with Gasteiger partial charge in [-0.2, -0.15) is 4.31 Å². The SMILES string of the molecule is O=C(CNC(=O)c1cc(=O)[nH]c2ccc(S(=O)(=O)N3CCOCC3)cc12)Nc1ccccc1. The van der Waals surface area contributed by atoms with Crippen LogP contribution in [0.2, 0.25) is 0 Å². The molecule has 1 aromatic heterocycles. The molecule has 0 saturated carbocycles. The number of pyridine rings is 1. The summed E-state index contributed by atoms with van der Waals surface area (Å²) in [6, 6.07) is 14.0. The molecule has 0 radical (unpaired) electrons. The maximum absolute atomic E-state index is 13.0. The second-order valence-corrected chi connectivity index (χ2v) is 9.31. The Morgan fingerprint density at radius 2 is 1.76 bits per heavy atom. The van der Waals surface area contributed by atoms with Crippen LogP contribution in [0.5, 0.6) is 0 Å². The van der Waals surface area contributed by atoms with Gasteiger partial charge in [-0.05, 0) is 30.3 Å². The van der Waals surface area contributed by atoms with Crippen molar-refractivity contribution in [1.82, 2.24) is 14.6 Å². The summed E-state index contributed by atoms with van der Waals surface area (Å²) < 4.78 is 32.6. The fraction of sp³-hybridized carbons (Fsp3) is 0.227. The Kier molecular flexibility index (Phi) is 6.54. The highest BCUT2D eigenvalue weighted by molar-refractivity contribution is 7.89. The quantitative estimate of drug-likeness (QED) is 0.490. The molecule has 11 heteroatoms. The zero-order valence-electron chi connectivity index (χ0n) is 17.5. The number of fused-ring (bicyclic) bond motifs is 1. The number of carbonyl (C=O) groups excluding carboxylic acids is 2. The maximum Gasteiger partial charge on any atom is 0.252 e. The Bertz CT molecular complexity index is 1350. The molecule has 0 aliphatic carbocycles. The minimum atomic E-state index is -3.80. The lowest BCUT2D eigenvalue weighted by Gasteiger charge is -2.26. The van der Waals surface area contributed by atoms with Crippen LogP contribution in [0.1, 0.15) is 10.4 Å². The first kappa shape index (κ1) is 22.6. The van der Waals surface area contributed by atoms with Crippen LogP contribution in [0.3, 0.4) is 0 Å². The van der Waals surface area contributed by atoms with Gasteiger partial charge in [-0.15, -0.1) is 0 Å². The Morgan fingerprint density at radius 1 is 1.03 bits per heavy atom. The normalized spacial score (nSPS) is 14.7. The highest BCUT2D eigenvalue weighted by atomic mass is 32.2. The van der Waals surface area contributed by atoms with E-state index in [1.165, 1.54) is 22.5 Å². The van der Waals surface area contributed by atoms with Gasteiger partial charge in [0, 0.05) is 35.7 Å². The van der Waals surface area contributed by atoms with E-state index in [9.17, 15) is 22.8 Å². The number of hydrogen-bond donors (Lipinski definition) is 3. The van der Waals surface area contributed by atoms with E-state index in [-0.39, 0.29) is 35.5 Å². The summed E-state index contributed by atoms with van der Waals surface area (Å²) in [5, 5.41) is 5.38. The number of H-pyrrole nitrogens is 1. The summed E-state index contributed by atoms with van der Waals surface area (Å²) >= 11 is 0. The number of aromatic amines is 1. The number of para-hydroxylation sites is 1. The molecule has 0 bridgehead atoms. The zero-order chi connectivity index (χ0) is 23.4. The predicted octanol–water partition coefficient (Wildman–Crippen LogP) is 0.918. The number of carbonyl (C=O) groups is 2. The van der Waals surface area contributed by atoms with Crippen molar-refractivity contribution >= 4 is 38.4 Å². The van der Waals surface area contributed by atoms with Crippen LogP contribution in [0.25, 0.3) is 10.9 Å². The Morgan fingerprint density at radius 3 is 2.48 bits per heavy atom. The number of anilines is 1. The molecule has 2 heterocycles. The maximum atomic E-state index is 13.0. The molecule has 3 aromatic rings. The van der Waals surface area contributed by atoms with Crippen LogP contribution in [0, 0.1) is 0 Å². The molecular formula is C22H22N4O6S. The van der Waals surface area contributed by atoms with Gasteiger partial charge < -0.3 is 20.4 Å². The number of hydrogen-bond acceptors (Lipinski definition) is 6. The number of sulfonamides is 1. The second-order valence-electron chi connectivity index (χ2n) is 7.37. The van der Waals surface area contributed by atoms with Crippen molar-refractivity contribution in [2.75, 3.05) is 38.2 Å². The fourth-order valence-electron chi connectivity index (χ4n) is 3.50. The molecule has 2 amide bonds. The van der Waals surface area contributed by atoms with Gasteiger partial charge in [-0.1, -0.05) is 18.2 Å². The number of nitrogens with zero attached hydrogens (tertiary/aromatic N) is 1. The third-order valence-electron chi connectivity index (χ3n) is 5.13. The van der Waals surface area contributed by atoms with Crippen LogP contribution in [0.4, 0.5) is 5.69 Å². The number of benzene rings is 2. The van der Waals surface area contributed by atoms with E-state index >= 15 is 0 Å². The first-order valence-corrected chi connectivity index (χ1v) is 11.7. The number of nitrogens with one attached hydrogen (secondary N) is 3. The molecule has 4 rings (SSSR count). The van der Waals surface area contributed by atoms with Gasteiger partial charge in [-0.25, -0.2) is 8.42 Å². The zero-order valence-corrected chi connectivity index (χ0v) is 18.4. The highest BCUT2D eigenvalue weighted by Crippen LogP contribution is 2.23. The van der Waals surface area contributed by atoms with Gasteiger partial charge in [0.25, 0.3) is 5.91 Å². The summed E-state index contributed by atoms with van der Waals surface area (Å²) in [6.07, 6.45) is 0. The lowest BCUT2D eigenvalue weighted by Crippen LogP contribution is -2.40. The van der Waals surface area contributed by atoms with Crippen molar-refractivity contribution in [3.63, 3.8) is 0 Å². The largest absolute Gasteiger partial charge is 0.379 e. The number of aromatic nitrogens is 1. The van der Waals surface area contributed by atoms with E-state index < -0.39 is 27.4 Å². The molecule has 3 N–H and O–H groups in total. The lowest BCUT2D eigenvalue weighted by molar-refractivity contribution is -0.115. The van der Waals surface area contributed by atoms with Crippen molar-refractivity contribution in [2.45, 2.75) is 4.90 Å². The topological polar surface area (TPSA) is 138 Å². The summed E-state index contributed by atoms with van der Waals surface area (Å²) in [4.78, 5) is 39.6. The van der Waals surface area contributed by atoms with E-state index in [0.29, 0.717) is 24.4 Å². The molecule has 172 valence electrons. The van der Waals surface area contributed by atoms with Crippen molar-refractivity contribution in [2.24, 2.45) is 0 Å². The fourth-order valence-corrected chi connectivity index (χ4v) is 4.93. The molecular weight excluding hydrogens is 448 g/mol. The number of ether oxygens (including phenoxy) is 1. The Balaban J connectivity index is 1.58. The predicted molar refractivity (Wildman–Crippen MR) is 122 cm³/mol. The van der Waals surface area contributed by atoms with Crippen LogP contribution in [-0.2, 0) is 19.6 Å². The minimum Gasteiger partial charge on any atom is -0.379 e. The number of amides is 2. The molecule has 1 aliphatic heterocycles.